The van der Waals surface area contributed by atoms with Crippen LogP contribution >= 0.6 is 11.6 Å². The lowest BCUT2D eigenvalue weighted by molar-refractivity contribution is 0.0698. The first-order chi connectivity index (χ1) is 11.5. The minimum absolute atomic E-state index is 0.108. The zero-order valence-electron chi connectivity index (χ0n) is 12.1. The zero-order valence-corrected chi connectivity index (χ0v) is 12.9. The predicted octanol–water partition coefficient (Wildman–Crippen LogP) is 3.64. The van der Waals surface area contributed by atoms with Crippen molar-refractivity contribution >= 4 is 40.1 Å². The number of amides is 1. The third kappa shape index (κ3) is 2.81. The summed E-state index contributed by atoms with van der Waals surface area (Å²) in [7, 11) is 0. The molecule has 0 saturated heterocycles. The summed E-state index contributed by atoms with van der Waals surface area (Å²) < 4.78 is 0. The number of carbonyl (C=O) groups excluding carboxylic acids is 1. The number of H-pyrrole nitrogens is 1. The molecule has 0 radical (unpaired) electrons. The van der Waals surface area contributed by atoms with Gasteiger partial charge in [0.2, 0.25) is 0 Å². The molecule has 7 heteroatoms. The van der Waals surface area contributed by atoms with Crippen LogP contribution in [0.25, 0.3) is 10.9 Å². The van der Waals surface area contributed by atoms with Crippen molar-refractivity contribution in [3.05, 3.63) is 64.3 Å². The average Bonchev–Trinajstić information content (AvgIpc) is 3.01. The van der Waals surface area contributed by atoms with Crippen molar-refractivity contribution < 1.29 is 14.7 Å². The van der Waals surface area contributed by atoms with Gasteiger partial charge in [-0.25, -0.2) is 4.79 Å². The second-order valence-corrected chi connectivity index (χ2v) is 5.43. The first-order valence-corrected chi connectivity index (χ1v) is 7.23. The number of hydrogen-bond donors (Lipinski definition) is 3. The monoisotopic (exact) mass is 339 g/mol. The molecule has 24 heavy (non-hydrogen) atoms. The number of fused-ring (bicyclic) bond motifs is 1. The molecule has 3 N–H and O–H groups in total. The highest BCUT2D eigenvalue weighted by Crippen LogP contribution is 2.24. The van der Waals surface area contributed by atoms with E-state index in [1.54, 1.807) is 24.3 Å². The van der Waals surface area contributed by atoms with E-state index in [4.69, 9.17) is 16.9 Å². The predicted molar refractivity (Wildman–Crippen MR) is 89.4 cm³/mol. The van der Waals surface area contributed by atoms with E-state index in [2.05, 4.69) is 10.3 Å². The van der Waals surface area contributed by atoms with E-state index in [0.29, 0.717) is 10.5 Å². The van der Waals surface area contributed by atoms with Crippen LogP contribution < -0.4 is 5.32 Å². The minimum atomic E-state index is -1.23. The van der Waals surface area contributed by atoms with Crippen molar-refractivity contribution in [1.82, 2.24) is 4.98 Å². The van der Waals surface area contributed by atoms with Gasteiger partial charge in [-0.3, -0.25) is 4.79 Å². The number of rotatable bonds is 3. The van der Waals surface area contributed by atoms with Crippen LogP contribution in [-0.2, 0) is 0 Å². The first kappa shape index (κ1) is 15.6. The molecule has 0 bridgehead atoms. The Morgan fingerprint density at radius 1 is 1.21 bits per heavy atom. The molecule has 3 aromatic rings. The van der Waals surface area contributed by atoms with Gasteiger partial charge in [0.15, 0.2) is 0 Å². The summed E-state index contributed by atoms with van der Waals surface area (Å²) in [5, 5.41) is 21.9. The molecule has 2 aromatic carbocycles. The second-order valence-electron chi connectivity index (χ2n) is 5.02. The van der Waals surface area contributed by atoms with Crippen LogP contribution in [0.3, 0.4) is 0 Å². The highest BCUT2D eigenvalue weighted by atomic mass is 35.5. The van der Waals surface area contributed by atoms with E-state index < -0.39 is 11.9 Å². The molecule has 1 amide bonds. The normalized spacial score (nSPS) is 10.3. The van der Waals surface area contributed by atoms with Crippen molar-refractivity contribution in [3.8, 4) is 6.07 Å². The van der Waals surface area contributed by atoms with Crippen molar-refractivity contribution in [2.24, 2.45) is 0 Å². The number of para-hydroxylation sites is 1. The lowest BCUT2D eigenvalue weighted by Gasteiger charge is -2.07. The van der Waals surface area contributed by atoms with Crippen LogP contribution in [0, 0.1) is 11.3 Å². The molecule has 1 aromatic heterocycles. The van der Waals surface area contributed by atoms with Gasteiger partial charge in [-0.15, -0.1) is 0 Å². The molecule has 0 aliphatic carbocycles. The molecule has 0 aliphatic rings. The molecular formula is C17H10ClN3O3. The van der Waals surface area contributed by atoms with Crippen molar-refractivity contribution in [2.75, 3.05) is 5.32 Å². The number of aromatic amines is 1. The van der Waals surface area contributed by atoms with Gasteiger partial charge in [-0.2, -0.15) is 5.26 Å². The average molecular weight is 340 g/mol. The number of aromatic carboxylic acids is 1. The van der Waals surface area contributed by atoms with E-state index in [1.807, 2.05) is 6.07 Å². The largest absolute Gasteiger partial charge is 0.478 e. The van der Waals surface area contributed by atoms with Crippen LogP contribution in [0.2, 0.25) is 5.02 Å². The topological polar surface area (TPSA) is 106 Å². The maximum Gasteiger partial charge on any atom is 0.337 e. The lowest BCUT2D eigenvalue weighted by atomic mass is 10.1. The Bertz CT molecular complexity index is 1020. The highest BCUT2D eigenvalue weighted by molar-refractivity contribution is 6.35. The van der Waals surface area contributed by atoms with E-state index in [0.717, 1.165) is 5.39 Å². The van der Waals surface area contributed by atoms with Gasteiger partial charge in [0.25, 0.3) is 5.91 Å². The number of halogens is 1. The van der Waals surface area contributed by atoms with Gasteiger partial charge in [0.1, 0.15) is 5.69 Å². The van der Waals surface area contributed by atoms with E-state index in [-0.39, 0.29) is 22.5 Å². The van der Waals surface area contributed by atoms with Crippen molar-refractivity contribution in [2.45, 2.75) is 0 Å². The fourth-order valence-electron chi connectivity index (χ4n) is 2.33. The number of nitrogens with one attached hydrogen (secondary N) is 2. The van der Waals surface area contributed by atoms with Gasteiger partial charge in [0, 0.05) is 5.39 Å². The maximum absolute atomic E-state index is 12.4. The van der Waals surface area contributed by atoms with Gasteiger partial charge >= 0.3 is 5.97 Å². The Kier molecular flexibility index (Phi) is 3.94. The summed E-state index contributed by atoms with van der Waals surface area (Å²) in [6, 6.07) is 12.8. The smallest absolute Gasteiger partial charge is 0.337 e. The van der Waals surface area contributed by atoms with Crippen LogP contribution in [0.4, 0.5) is 5.69 Å². The second kappa shape index (κ2) is 6.07. The standard InChI is InChI=1S/C17H10ClN3O3/c18-12-3-1-2-10-7-14(20-15(10)12)16(22)21-13-5-4-9(8-19)6-11(13)17(23)24/h1-7,20H,(H,21,22)(H,23,24). The Morgan fingerprint density at radius 3 is 2.67 bits per heavy atom. The van der Waals surface area contributed by atoms with E-state index in [1.165, 1.54) is 18.2 Å². The molecule has 0 saturated carbocycles. The number of aromatic nitrogens is 1. The molecule has 0 fully saturated rings. The highest BCUT2D eigenvalue weighted by Gasteiger charge is 2.16. The fraction of sp³-hybridized carbons (Fsp3) is 0. The number of benzene rings is 2. The van der Waals surface area contributed by atoms with Crippen LogP contribution in [-0.4, -0.2) is 22.0 Å². The first-order valence-electron chi connectivity index (χ1n) is 6.85. The number of carboxylic acids is 1. The molecule has 0 unspecified atom stereocenters. The fourth-order valence-corrected chi connectivity index (χ4v) is 2.56. The minimum Gasteiger partial charge on any atom is -0.478 e. The van der Waals surface area contributed by atoms with Gasteiger partial charge in [-0.1, -0.05) is 23.7 Å². The molecule has 0 aliphatic heterocycles. The Labute approximate surface area is 141 Å². The molecule has 3 rings (SSSR count). The third-order valence-corrected chi connectivity index (χ3v) is 3.79. The summed E-state index contributed by atoms with van der Waals surface area (Å²) in [5.74, 6) is -1.74. The number of carboxylic acid groups (broad SMARTS) is 1. The number of nitriles is 1. The van der Waals surface area contributed by atoms with Crippen molar-refractivity contribution in [1.29, 1.82) is 5.26 Å². The van der Waals surface area contributed by atoms with E-state index >= 15 is 0 Å². The number of hydrogen-bond acceptors (Lipinski definition) is 3. The number of nitrogens with zero attached hydrogens (tertiary/aromatic N) is 1. The molecule has 118 valence electrons. The number of carbonyl (C=O) groups is 2. The van der Waals surface area contributed by atoms with Crippen molar-refractivity contribution in [3.63, 3.8) is 0 Å². The van der Waals surface area contributed by atoms with Gasteiger partial charge < -0.3 is 15.4 Å². The molecule has 1 heterocycles. The molecule has 0 spiro atoms. The summed E-state index contributed by atoms with van der Waals surface area (Å²) in [6.45, 7) is 0. The van der Waals surface area contributed by atoms with Crippen LogP contribution in [0.15, 0.2) is 42.5 Å². The summed E-state index contributed by atoms with van der Waals surface area (Å²) in [5.41, 5.74) is 1.02. The Balaban J connectivity index is 1.95. The summed E-state index contributed by atoms with van der Waals surface area (Å²) in [6.07, 6.45) is 0. The van der Waals surface area contributed by atoms with Crippen LogP contribution in [0.1, 0.15) is 26.4 Å². The number of anilines is 1. The Morgan fingerprint density at radius 2 is 2.00 bits per heavy atom. The molecular weight excluding hydrogens is 330 g/mol. The van der Waals surface area contributed by atoms with Gasteiger partial charge in [0.05, 0.1) is 33.4 Å². The third-order valence-electron chi connectivity index (χ3n) is 3.48. The van der Waals surface area contributed by atoms with Gasteiger partial charge in [-0.05, 0) is 30.3 Å². The summed E-state index contributed by atoms with van der Waals surface area (Å²) >= 11 is 6.06. The quantitative estimate of drug-likeness (QED) is 0.677. The zero-order chi connectivity index (χ0) is 17.3. The van der Waals surface area contributed by atoms with E-state index in [9.17, 15) is 14.7 Å². The Hall–Kier alpha value is -3.30. The lowest BCUT2D eigenvalue weighted by Crippen LogP contribution is -2.15. The maximum atomic E-state index is 12.4. The molecule has 0 atom stereocenters. The molecule has 6 nitrogen and oxygen atoms in total. The van der Waals surface area contributed by atoms with Crippen LogP contribution in [0.5, 0.6) is 0 Å². The SMILES string of the molecule is N#Cc1ccc(NC(=O)c2cc3cccc(Cl)c3[nH]2)c(C(=O)O)c1. The summed E-state index contributed by atoms with van der Waals surface area (Å²) in [4.78, 5) is 26.6.